The van der Waals surface area contributed by atoms with E-state index in [0.717, 1.165) is 17.0 Å². The molecule has 0 bridgehead atoms. The lowest BCUT2D eigenvalue weighted by Gasteiger charge is -2.40. The van der Waals surface area contributed by atoms with Gasteiger partial charge in [0.15, 0.2) is 19.7 Å². The third kappa shape index (κ3) is 5.05. The van der Waals surface area contributed by atoms with Crippen LogP contribution < -0.4 is 9.64 Å². The first-order valence-electron chi connectivity index (χ1n) is 11.3. The van der Waals surface area contributed by atoms with Gasteiger partial charge in [0.2, 0.25) is 0 Å². The topological polar surface area (TPSA) is 84.0 Å². The van der Waals surface area contributed by atoms with E-state index in [1.165, 1.54) is 0 Å². The number of ether oxygens (including phenoxy) is 1. The molecule has 0 aliphatic carbocycles. The zero-order valence-corrected chi connectivity index (χ0v) is 21.0. The molecule has 2 aliphatic heterocycles. The van der Waals surface area contributed by atoms with Gasteiger partial charge in [-0.3, -0.25) is 4.90 Å². The van der Waals surface area contributed by atoms with Gasteiger partial charge in [-0.1, -0.05) is 26.0 Å². The van der Waals surface area contributed by atoms with Gasteiger partial charge in [0, 0.05) is 37.9 Å². The minimum atomic E-state index is -3.77. The highest BCUT2D eigenvalue weighted by molar-refractivity contribution is 7.96. The van der Waals surface area contributed by atoms with Crippen molar-refractivity contribution in [3.8, 4) is 5.75 Å². The maximum absolute atomic E-state index is 13.5. The first kappa shape index (κ1) is 24.0. The van der Waals surface area contributed by atoms with Crippen LogP contribution in [0.1, 0.15) is 25.3 Å². The lowest BCUT2D eigenvalue weighted by atomic mass is 10.0. The van der Waals surface area contributed by atoms with Crippen LogP contribution in [0.3, 0.4) is 0 Å². The predicted octanol–water partition coefficient (Wildman–Crippen LogP) is 2.58. The fourth-order valence-corrected chi connectivity index (χ4v) is 9.59. The molecule has 2 heterocycles. The number of anilines is 1. The van der Waals surface area contributed by atoms with Crippen molar-refractivity contribution >= 4 is 25.4 Å². The maximum atomic E-state index is 13.5. The van der Waals surface area contributed by atoms with Crippen molar-refractivity contribution in [2.75, 3.05) is 49.7 Å². The van der Waals surface area contributed by atoms with E-state index in [-0.39, 0.29) is 16.4 Å². The maximum Gasteiger partial charge on any atom is 0.183 e. The number of methoxy groups -OCH3 is 1. The van der Waals surface area contributed by atoms with Gasteiger partial charge in [0.05, 0.1) is 28.8 Å². The molecule has 9 heteroatoms. The highest BCUT2D eigenvalue weighted by Gasteiger charge is 2.48. The number of sulfone groups is 2. The highest BCUT2D eigenvalue weighted by Crippen LogP contribution is 2.31. The van der Waals surface area contributed by atoms with Crippen LogP contribution in [0.4, 0.5) is 5.69 Å². The zero-order valence-electron chi connectivity index (χ0n) is 19.3. The molecule has 2 saturated heterocycles. The molecule has 2 atom stereocenters. The second-order valence-corrected chi connectivity index (χ2v) is 13.5. The SMILES string of the molecule is COc1ccc(N2CCN([C@H]3CS(=O)(=O)C[C@@H]3S(=O)(=O)c3ccc(C(C)C)cc3)CC2)cc1. The van der Waals surface area contributed by atoms with Crippen LogP contribution in [0.15, 0.2) is 53.4 Å². The fraction of sp³-hybridized carbons (Fsp3) is 0.500. The van der Waals surface area contributed by atoms with E-state index in [0.29, 0.717) is 32.1 Å². The molecule has 2 fully saturated rings. The van der Waals surface area contributed by atoms with Crippen molar-refractivity contribution in [1.82, 2.24) is 4.90 Å². The molecule has 4 rings (SSSR count). The molecule has 0 aromatic heterocycles. The third-order valence-electron chi connectivity index (χ3n) is 6.77. The number of benzene rings is 2. The summed E-state index contributed by atoms with van der Waals surface area (Å²) in [6, 6.07) is 14.2. The van der Waals surface area contributed by atoms with Crippen LogP contribution in [0.5, 0.6) is 5.75 Å². The Balaban J connectivity index is 1.51. The summed E-state index contributed by atoms with van der Waals surface area (Å²) < 4.78 is 57.3. The van der Waals surface area contributed by atoms with E-state index in [4.69, 9.17) is 4.74 Å². The summed E-state index contributed by atoms with van der Waals surface area (Å²) in [4.78, 5) is 4.49. The van der Waals surface area contributed by atoms with Gasteiger partial charge >= 0.3 is 0 Å². The molecule has 33 heavy (non-hydrogen) atoms. The van der Waals surface area contributed by atoms with Gasteiger partial charge < -0.3 is 9.64 Å². The van der Waals surface area contributed by atoms with Crippen molar-refractivity contribution in [2.45, 2.75) is 36.0 Å². The van der Waals surface area contributed by atoms with E-state index in [2.05, 4.69) is 23.6 Å². The first-order valence-corrected chi connectivity index (χ1v) is 14.6. The molecule has 180 valence electrons. The molecule has 0 saturated carbocycles. The summed E-state index contributed by atoms with van der Waals surface area (Å²) in [5, 5.41) is -0.945. The molecular formula is C24H32N2O5S2. The van der Waals surface area contributed by atoms with Gasteiger partial charge in [-0.15, -0.1) is 0 Å². The van der Waals surface area contributed by atoms with Crippen molar-refractivity contribution in [3.05, 3.63) is 54.1 Å². The first-order chi connectivity index (χ1) is 15.6. The van der Waals surface area contributed by atoms with E-state index < -0.39 is 31.0 Å². The molecule has 0 radical (unpaired) electrons. The number of rotatable bonds is 6. The van der Waals surface area contributed by atoms with Gasteiger partial charge in [-0.05, 0) is 47.9 Å². The molecule has 0 amide bonds. The second kappa shape index (κ2) is 9.27. The average molecular weight is 493 g/mol. The van der Waals surface area contributed by atoms with Crippen molar-refractivity contribution < 1.29 is 21.6 Å². The van der Waals surface area contributed by atoms with Gasteiger partial charge in [-0.25, -0.2) is 16.8 Å². The van der Waals surface area contributed by atoms with Crippen molar-refractivity contribution in [3.63, 3.8) is 0 Å². The van der Waals surface area contributed by atoms with Crippen LogP contribution in [-0.4, -0.2) is 77.8 Å². The Labute approximate surface area is 197 Å². The third-order valence-corrected chi connectivity index (χ3v) is 10.9. The Bertz CT molecular complexity index is 1170. The van der Waals surface area contributed by atoms with Crippen molar-refractivity contribution in [1.29, 1.82) is 0 Å². The van der Waals surface area contributed by atoms with E-state index in [1.54, 1.807) is 19.2 Å². The normalized spacial score (nSPS) is 23.7. The van der Waals surface area contributed by atoms with Crippen LogP contribution >= 0.6 is 0 Å². The summed E-state index contributed by atoms with van der Waals surface area (Å²) >= 11 is 0. The Morgan fingerprint density at radius 2 is 1.52 bits per heavy atom. The standard InChI is InChI=1S/C24H32N2O5S2/c1-18(2)19-4-10-22(11-5-19)33(29,30)24-17-32(27,28)16-23(24)26-14-12-25(13-15-26)20-6-8-21(31-3)9-7-20/h4-11,18,23-24H,12-17H2,1-3H3/t23-,24-/m0/s1. The van der Waals surface area contributed by atoms with E-state index >= 15 is 0 Å². The Morgan fingerprint density at radius 3 is 2.06 bits per heavy atom. The number of hydrogen-bond acceptors (Lipinski definition) is 7. The minimum absolute atomic E-state index is 0.108. The van der Waals surface area contributed by atoms with Crippen LogP contribution in [0, 0.1) is 0 Å². The zero-order chi connectivity index (χ0) is 23.8. The van der Waals surface area contributed by atoms with Crippen molar-refractivity contribution in [2.24, 2.45) is 0 Å². The molecule has 7 nitrogen and oxygen atoms in total. The molecule has 0 N–H and O–H groups in total. The van der Waals surface area contributed by atoms with E-state index in [9.17, 15) is 16.8 Å². The molecule has 0 spiro atoms. The minimum Gasteiger partial charge on any atom is -0.497 e. The molecular weight excluding hydrogens is 460 g/mol. The number of nitrogens with zero attached hydrogens (tertiary/aromatic N) is 2. The highest BCUT2D eigenvalue weighted by atomic mass is 32.2. The van der Waals surface area contributed by atoms with E-state index in [1.807, 2.05) is 36.4 Å². The number of hydrogen-bond donors (Lipinski definition) is 0. The monoisotopic (exact) mass is 492 g/mol. The summed E-state index contributed by atoms with van der Waals surface area (Å²) in [6.45, 7) is 6.75. The van der Waals surface area contributed by atoms with Crippen LogP contribution in [-0.2, 0) is 19.7 Å². The Kier molecular flexibility index (Phi) is 6.75. The van der Waals surface area contributed by atoms with Crippen LogP contribution in [0.25, 0.3) is 0 Å². The summed E-state index contributed by atoms with van der Waals surface area (Å²) in [5.41, 5.74) is 2.13. The van der Waals surface area contributed by atoms with Gasteiger partial charge in [-0.2, -0.15) is 0 Å². The quantitative estimate of drug-likeness (QED) is 0.613. The second-order valence-electron chi connectivity index (χ2n) is 9.17. The van der Waals surface area contributed by atoms with Crippen LogP contribution in [0.2, 0.25) is 0 Å². The smallest absolute Gasteiger partial charge is 0.183 e. The largest absolute Gasteiger partial charge is 0.497 e. The fourth-order valence-electron chi connectivity index (χ4n) is 4.76. The molecule has 2 aromatic carbocycles. The molecule has 0 unspecified atom stereocenters. The summed E-state index contributed by atoms with van der Waals surface area (Å²) in [6.07, 6.45) is 0. The average Bonchev–Trinajstić information content (AvgIpc) is 3.15. The lowest BCUT2D eigenvalue weighted by Crippen LogP contribution is -2.55. The molecule has 2 aromatic rings. The predicted molar refractivity (Wildman–Crippen MR) is 131 cm³/mol. The number of piperazine rings is 1. The summed E-state index contributed by atoms with van der Waals surface area (Å²) in [7, 11) is -5.57. The Hall–Kier alpha value is -2.10. The van der Waals surface area contributed by atoms with Gasteiger partial charge in [0.25, 0.3) is 0 Å². The summed E-state index contributed by atoms with van der Waals surface area (Å²) in [5.74, 6) is 0.667. The molecule has 2 aliphatic rings. The van der Waals surface area contributed by atoms with Gasteiger partial charge in [0.1, 0.15) is 5.75 Å². The lowest BCUT2D eigenvalue weighted by molar-refractivity contribution is 0.201. The Morgan fingerprint density at radius 1 is 0.909 bits per heavy atom.